The van der Waals surface area contributed by atoms with Crippen LogP contribution >= 0.6 is 0 Å². The van der Waals surface area contributed by atoms with Gasteiger partial charge in [-0.05, 0) is 49.3 Å². The van der Waals surface area contributed by atoms with Crippen molar-refractivity contribution in [3.63, 3.8) is 0 Å². The van der Waals surface area contributed by atoms with Crippen LogP contribution in [-0.4, -0.2) is 23.3 Å². The maximum atomic E-state index is 12.0. The molecule has 0 bridgehead atoms. The zero-order chi connectivity index (χ0) is 13.6. The van der Waals surface area contributed by atoms with Crippen LogP contribution in [0.5, 0.6) is 0 Å². The van der Waals surface area contributed by atoms with E-state index in [0.29, 0.717) is 11.8 Å². The van der Waals surface area contributed by atoms with E-state index in [-0.39, 0.29) is 12.1 Å². The van der Waals surface area contributed by atoms with Gasteiger partial charge >= 0.3 is 6.03 Å². The standard InChI is InChI=1S/C15H19N3O/c1-9-4-3-5-10(2)12(9)13-14(16)17-15(19)18(13)8-11-6-7-11/h3-5,11,13H,6-8H2,1-2H3,(H2,16,17,19). The monoisotopic (exact) mass is 257 g/mol. The molecule has 4 nitrogen and oxygen atoms in total. The number of benzene rings is 1. The summed E-state index contributed by atoms with van der Waals surface area (Å²) in [6.45, 7) is 4.91. The summed E-state index contributed by atoms with van der Waals surface area (Å²) in [6.07, 6.45) is 2.42. The van der Waals surface area contributed by atoms with Gasteiger partial charge in [-0.2, -0.15) is 4.99 Å². The third kappa shape index (κ3) is 2.11. The Hall–Kier alpha value is -1.84. The molecule has 3 rings (SSSR count). The molecule has 0 spiro atoms. The fourth-order valence-corrected chi connectivity index (χ4v) is 2.83. The minimum absolute atomic E-state index is 0.172. The average Bonchev–Trinajstić information content (AvgIpc) is 3.10. The second-order valence-electron chi connectivity index (χ2n) is 5.62. The highest BCUT2D eigenvalue weighted by molar-refractivity contribution is 6.03. The van der Waals surface area contributed by atoms with Gasteiger partial charge in [0.2, 0.25) is 0 Å². The molecule has 1 aromatic rings. The van der Waals surface area contributed by atoms with E-state index in [0.717, 1.165) is 12.1 Å². The molecule has 2 amide bonds. The first kappa shape index (κ1) is 12.2. The van der Waals surface area contributed by atoms with E-state index in [1.54, 1.807) is 0 Å². The highest BCUT2D eigenvalue weighted by atomic mass is 16.2. The van der Waals surface area contributed by atoms with E-state index in [1.165, 1.54) is 24.0 Å². The number of nitrogens with zero attached hydrogens (tertiary/aromatic N) is 2. The van der Waals surface area contributed by atoms with Crippen molar-refractivity contribution in [1.29, 1.82) is 0 Å². The number of carbonyl (C=O) groups excluding carboxylic acids is 1. The Bertz CT molecular complexity index is 540. The lowest BCUT2D eigenvalue weighted by atomic mass is 9.95. The Morgan fingerprint density at radius 2 is 1.95 bits per heavy atom. The molecule has 2 N–H and O–H groups in total. The van der Waals surface area contributed by atoms with Crippen LogP contribution < -0.4 is 5.73 Å². The molecule has 4 heteroatoms. The number of hydrogen-bond donors (Lipinski definition) is 1. The number of amides is 2. The normalized spacial score (nSPS) is 22.8. The Balaban J connectivity index is 2.00. The average molecular weight is 257 g/mol. The number of carbonyl (C=O) groups is 1. The van der Waals surface area contributed by atoms with Crippen LogP contribution in [0.1, 0.15) is 35.6 Å². The highest BCUT2D eigenvalue weighted by Gasteiger charge is 2.39. The minimum Gasteiger partial charge on any atom is -0.385 e. The molecule has 1 aliphatic carbocycles. The van der Waals surface area contributed by atoms with Crippen molar-refractivity contribution in [2.24, 2.45) is 16.6 Å². The number of rotatable bonds is 3. The summed E-state index contributed by atoms with van der Waals surface area (Å²) in [7, 11) is 0. The summed E-state index contributed by atoms with van der Waals surface area (Å²) in [5, 5.41) is 0. The number of aliphatic imine (C=N–C) groups is 1. The van der Waals surface area contributed by atoms with Gasteiger partial charge in [0, 0.05) is 6.54 Å². The predicted octanol–water partition coefficient (Wildman–Crippen LogP) is 2.55. The maximum absolute atomic E-state index is 12.0. The molecule has 1 fully saturated rings. The van der Waals surface area contributed by atoms with E-state index < -0.39 is 0 Å². The molecule has 2 aliphatic rings. The fourth-order valence-electron chi connectivity index (χ4n) is 2.83. The second-order valence-corrected chi connectivity index (χ2v) is 5.62. The molecule has 1 unspecified atom stereocenters. The zero-order valence-corrected chi connectivity index (χ0v) is 11.4. The molecule has 1 aromatic carbocycles. The van der Waals surface area contributed by atoms with Crippen molar-refractivity contribution in [1.82, 2.24) is 4.90 Å². The van der Waals surface area contributed by atoms with Gasteiger partial charge in [0.1, 0.15) is 11.9 Å². The molecule has 0 aromatic heterocycles. The van der Waals surface area contributed by atoms with Crippen molar-refractivity contribution in [3.05, 3.63) is 34.9 Å². The Labute approximate surface area is 113 Å². The van der Waals surface area contributed by atoms with Crippen molar-refractivity contribution < 1.29 is 4.79 Å². The molecule has 100 valence electrons. The van der Waals surface area contributed by atoms with Gasteiger partial charge < -0.3 is 10.6 Å². The van der Waals surface area contributed by atoms with Gasteiger partial charge in [0.05, 0.1) is 0 Å². The van der Waals surface area contributed by atoms with Crippen molar-refractivity contribution in [3.8, 4) is 0 Å². The maximum Gasteiger partial charge on any atom is 0.346 e. The Morgan fingerprint density at radius 3 is 2.53 bits per heavy atom. The molecule has 1 saturated carbocycles. The topological polar surface area (TPSA) is 58.7 Å². The van der Waals surface area contributed by atoms with Gasteiger partial charge in [-0.3, -0.25) is 0 Å². The quantitative estimate of drug-likeness (QED) is 0.904. The Kier molecular flexibility index (Phi) is 2.81. The van der Waals surface area contributed by atoms with Gasteiger partial charge in [0.25, 0.3) is 0 Å². The van der Waals surface area contributed by atoms with Crippen molar-refractivity contribution >= 4 is 11.9 Å². The number of aryl methyl sites for hydroxylation is 2. The van der Waals surface area contributed by atoms with Gasteiger partial charge in [-0.25, -0.2) is 4.79 Å². The molecule has 1 atom stereocenters. The van der Waals surface area contributed by atoms with E-state index in [1.807, 2.05) is 11.0 Å². The lowest BCUT2D eigenvalue weighted by Gasteiger charge is -2.27. The van der Waals surface area contributed by atoms with Crippen LogP contribution in [0.4, 0.5) is 4.79 Å². The van der Waals surface area contributed by atoms with E-state index in [4.69, 9.17) is 5.73 Å². The summed E-state index contributed by atoms with van der Waals surface area (Å²) in [6, 6.07) is 5.80. The molecule has 1 aliphatic heterocycles. The summed E-state index contributed by atoms with van der Waals surface area (Å²) in [4.78, 5) is 17.8. The minimum atomic E-state index is -0.183. The summed E-state index contributed by atoms with van der Waals surface area (Å²) in [5.41, 5.74) is 9.48. The zero-order valence-electron chi connectivity index (χ0n) is 11.4. The third-order valence-corrected chi connectivity index (χ3v) is 4.03. The number of hydrogen-bond acceptors (Lipinski definition) is 2. The SMILES string of the molecule is Cc1cccc(C)c1C1C(N)=NC(=O)N1CC1CC1. The van der Waals surface area contributed by atoms with E-state index >= 15 is 0 Å². The smallest absolute Gasteiger partial charge is 0.346 e. The van der Waals surface area contributed by atoms with Crippen LogP contribution in [0.3, 0.4) is 0 Å². The first-order valence-corrected chi connectivity index (χ1v) is 6.78. The highest BCUT2D eigenvalue weighted by Crippen LogP contribution is 2.37. The van der Waals surface area contributed by atoms with E-state index in [2.05, 4.69) is 31.0 Å². The van der Waals surface area contributed by atoms with Crippen molar-refractivity contribution in [2.75, 3.05) is 6.54 Å². The van der Waals surface area contributed by atoms with Crippen LogP contribution in [0, 0.1) is 19.8 Å². The largest absolute Gasteiger partial charge is 0.385 e. The lowest BCUT2D eigenvalue weighted by molar-refractivity contribution is 0.203. The summed E-state index contributed by atoms with van der Waals surface area (Å²) >= 11 is 0. The predicted molar refractivity (Wildman–Crippen MR) is 75.1 cm³/mol. The van der Waals surface area contributed by atoms with Crippen LogP contribution in [0.2, 0.25) is 0 Å². The fraction of sp³-hybridized carbons (Fsp3) is 0.467. The van der Waals surface area contributed by atoms with Gasteiger partial charge in [-0.1, -0.05) is 18.2 Å². The first-order valence-electron chi connectivity index (χ1n) is 6.78. The third-order valence-electron chi connectivity index (χ3n) is 4.03. The lowest BCUT2D eigenvalue weighted by Crippen LogP contribution is -2.35. The van der Waals surface area contributed by atoms with Crippen LogP contribution in [0.15, 0.2) is 23.2 Å². The first-order chi connectivity index (χ1) is 9.08. The second kappa shape index (κ2) is 4.37. The summed E-state index contributed by atoms with van der Waals surface area (Å²) in [5.74, 6) is 1.07. The molecule has 0 saturated heterocycles. The van der Waals surface area contributed by atoms with Gasteiger partial charge in [0.15, 0.2) is 0 Å². The number of urea groups is 1. The summed E-state index contributed by atoms with van der Waals surface area (Å²) < 4.78 is 0. The van der Waals surface area contributed by atoms with Gasteiger partial charge in [-0.15, -0.1) is 0 Å². The molecule has 19 heavy (non-hydrogen) atoms. The van der Waals surface area contributed by atoms with Crippen LogP contribution in [0.25, 0.3) is 0 Å². The molecular formula is C15H19N3O. The molecule has 1 heterocycles. The molecular weight excluding hydrogens is 238 g/mol. The van der Waals surface area contributed by atoms with Crippen LogP contribution in [-0.2, 0) is 0 Å². The molecule has 0 radical (unpaired) electrons. The number of amidine groups is 1. The van der Waals surface area contributed by atoms with Crippen molar-refractivity contribution in [2.45, 2.75) is 32.7 Å². The Morgan fingerprint density at radius 1 is 1.32 bits per heavy atom. The van der Waals surface area contributed by atoms with E-state index in [9.17, 15) is 4.79 Å². The number of nitrogens with two attached hydrogens (primary N) is 1.